The second-order valence-corrected chi connectivity index (χ2v) is 7.48. The van der Waals surface area contributed by atoms with Gasteiger partial charge in [0, 0.05) is 0 Å². The molecule has 28 heavy (non-hydrogen) atoms. The van der Waals surface area contributed by atoms with Gasteiger partial charge in [0.15, 0.2) is 0 Å². The number of imide groups is 1. The van der Waals surface area contributed by atoms with E-state index in [2.05, 4.69) is 10.8 Å². The van der Waals surface area contributed by atoms with Crippen LogP contribution in [0.4, 0.5) is 4.79 Å². The van der Waals surface area contributed by atoms with Crippen molar-refractivity contribution in [2.75, 3.05) is 7.11 Å². The average Bonchev–Trinajstić information content (AvgIpc) is 2.99. The maximum Gasteiger partial charge on any atom is 0.328 e. The van der Waals surface area contributed by atoms with Crippen LogP contribution >= 0.6 is 11.8 Å². The van der Waals surface area contributed by atoms with Gasteiger partial charge in [0.05, 0.1) is 12.0 Å². The molecule has 1 aliphatic heterocycles. The van der Waals surface area contributed by atoms with Gasteiger partial charge in [0.1, 0.15) is 6.04 Å². The number of nitrogens with zero attached hydrogens (tertiary/aromatic N) is 1. The molecule has 2 amide bonds. The van der Waals surface area contributed by atoms with E-state index in [0.717, 1.165) is 43.8 Å². The molecule has 1 aliphatic rings. The van der Waals surface area contributed by atoms with E-state index in [1.165, 1.54) is 14.0 Å². The molecule has 4 rings (SSSR count). The fourth-order valence-electron chi connectivity index (χ4n) is 3.43. The lowest BCUT2D eigenvalue weighted by Crippen LogP contribution is -2.42. The van der Waals surface area contributed by atoms with Crippen molar-refractivity contribution in [2.24, 2.45) is 0 Å². The van der Waals surface area contributed by atoms with Crippen LogP contribution in [-0.2, 0) is 14.3 Å². The zero-order chi connectivity index (χ0) is 19.8. The molecule has 0 spiro atoms. The molecule has 3 aromatic carbocycles. The van der Waals surface area contributed by atoms with Crippen molar-refractivity contribution < 1.29 is 19.1 Å². The summed E-state index contributed by atoms with van der Waals surface area (Å²) >= 11 is 0.841. The monoisotopic (exact) mass is 391 g/mol. The Morgan fingerprint density at radius 3 is 2.18 bits per heavy atom. The van der Waals surface area contributed by atoms with Crippen molar-refractivity contribution in [2.45, 2.75) is 13.0 Å². The molecule has 1 atom stereocenters. The Hall–Kier alpha value is -3.12. The molecule has 140 valence electrons. The number of rotatable bonds is 3. The molecular weight excluding hydrogens is 374 g/mol. The minimum Gasteiger partial charge on any atom is -0.467 e. The minimum absolute atomic E-state index is 0.294. The molecule has 6 heteroatoms. The van der Waals surface area contributed by atoms with Crippen LogP contribution in [0.1, 0.15) is 12.5 Å². The number of benzene rings is 3. The minimum atomic E-state index is -0.965. The first kappa shape index (κ1) is 18.3. The highest BCUT2D eigenvalue weighted by atomic mass is 32.2. The van der Waals surface area contributed by atoms with Crippen LogP contribution < -0.4 is 0 Å². The Morgan fingerprint density at radius 2 is 1.61 bits per heavy atom. The number of ether oxygens (including phenoxy) is 1. The lowest BCUT2D eigenvalue weighted by Gasteiger charge is -2.18. The highest BCUT2D eigenvalue weighted by molar-refractivity contribution is 8.18. The lowest BCUT2D eigenvalue weighted by atomic mass is 9.96. The standard InChI is InChI=1S/C22H17NO4S/c1-13(21(25)27-2)23-20(24)19(28-22(23)26)12-18-16-9-5-3-7-14(16)11-15-8-4-6-10-17(15)18/h3-13H,1-2H3/b19-12+/t13-/m1/s1. The lowest BCUT2D eigenvalue weighted by molar-refractivity contribution is -0.148. The summed E-state index contributed by atoms with van der Waals surface area (Å²) in [6.07, 6.45) is 1.75. The van der Waals surface area contributed by atoms with Gasteiger partial charge in [-0.05, 0) is 57.9 Å². The summed E-state index contributed by atoms with van der Waals surface area (Å²) in [6.45, 7) is 1.48. The second kappa shape index (κ2) is 7.13. The first-order valence-corrected chi connectivity index (χ1v) is 9.58. The number of methoxy groups -OCH3 is 1. The Labute approximate surface area is 165 Å². The van der Waals surface area contributed by atoms with Crippen LogP contribution in [0.5, 0.6) is 0 Å². The van der Waals surface area contributed by atoms with E-state index in [1.807, 2.05) is 48.5 Å². The Bertz CT molecular complexity index is 1110. The van der Waals surface area contributed by atoms with Gasteiger partial charge in [0.25, 0.3) is 11.1 Å². The van der Waals surface area contributed by atoms with Crippen LogP contribution in [0.2, 0.25) is 0 Å². The van der Waals surface area contributed by atoms with Crippen LogP contribution in [0.15, 0.2) is 59.5 Å². The van der Waals surface area contributed by atoms with Gasteiger partial charge < -0.3 is 4.74 Å². The summed E-state index contributed by atoms with van der Waals surface area (Å²) in [5.74, 6) is -1.11. The maximum absolute atomic E-state index is 12.9. The molecule has 1 fully saturated rings. The summed E-state index contributed by atoms with van der Waals surface area (Å²) < 4.78 is 4.68. The van der Waals surface area contributed by atoms with E-state index >= 15 is 0 Å². The quantitative estimate of drug-likeness (QED) is 0.371. The SMILES string of the molecule is COC(=O)[C@@H](C)N1C(=O)S/C(=C/c2c3ccccc3cc3ccccc23)C1=O. The highest BCUT2D eigenvalue weighted by Crippen LogP contribution is 2.37. The molecule has 0 saturated carbocycles. The summed E-state index contributed by atoms with van der Waals surface area (Å²) in [7, 11) is 1.23. The number of carbonyl (C=O) groups is 3. The molecule has 1 heterocycles. The van der Waals surface area contributed by atoms with E-state index in [4.69, 9.17) is 0 Å². The van der Waals surface area contributed by atoms with Gasteiger partial charge in [-0.15, -0.1) is 0 Å². The number of thioether (sulfide) groups is 1. The predicted octanol–water partition coefficient (Wildman–Crippen LogP) is 4.59. The zero-order valence-electron chi connectivity index (χ0n) is 15.3. The van der Waals surface area contributed by atoms with Crippen LogP contribution in [0.25, 0.3) is 27.6 Å². The normalized spacial score (nSPS) is 16.9. The molecule has 3 aromatic rings. The van der Waals surface area contributed by atoms with Gasteiger partial charge in [-0.2, -0.15) is 0 Å². The summed E-state index contributed by atoms with van der Waals surface area (Å²) in [6, 6.07) is 17.0. The third-order valence-electron chi connectivity index (χ3n) is 4.84. The molecule has 0 aliphatic carbocycles. The first-order chi connectivity index (χ1) is 13.5. The van der Waals surface area contributed by atoms with Gasteiger partial charge in [-0.1, -0.05) is 48.5 Å². The van der Waals surface area contributed by atoms with Crippen molar-refractivity contribution >= 4 is 56.5 Å². The molecule has 0 N–H and O–H groups in total. The van der Waals surface area contributed by atoms with Gasteiger partial charge in [0.2, 0.25) is 0 Å². The molecule has 0 aromatic heterocycles. The Morgan fingerprint density at radius 1 is 1.04 bits per heavy atom. The third-order valence-corrected chi connectivity index (χ3v) is 5.73. The number of fused-ring (bicyclic) bond motifs is 2. The number of amides is 2. The molecular formula is C22H17NO4S. The fourth-order valence-corrected chi connectivity index (χ4v) is 4.32. The fraction of sp³-hybridized carbons (Fsp3) is 0.136. The maximum atomic E-state index is 12.9. The Balaban J connectivity index is 1.87. The number of hydrogen-bond acceptors (Lipinski definition) is 5. The smallest absolute Gasteiger partial charge is 0.328 e. The molecule has 0 bridgehead atoms. The van der Waals surface area contributed by atoms with E-state index in [1.54, 1.807) is 6.08 Å². The Kier molecular flexibility index (Phi) is 4.65. The molecule has 1 saturated heterocycles. The van der Waals surface area contributed by atoms with Crippen LogP contribution in [-0.4, -0.2) is 35.2 Å². The van der Waals surface area contributed by atoms with Crippen molar-refractivity contribution in [1.82, 2.24) is 4.90 Å². The average molecular weight is 391 g/mol. The summed E-state index contributed by atoms with van der Waals surface area (Å²) in [5.41, 5.74) is 0.880. The molecule has 5 nitrogen and oxygen atoms in total. The largest absolute Gasteiger partial charge is 0.467 e. The van der Waals surface area contributed by atoms with E-state index < -0.39 is 23.2 Å². The number of esters is 1. The van der Waals surface area contributed by atoms with Crippen LogP contribution in [0.3, 0.4) is 0 Å². The third kappa shape index (κ3) is 2.96. The van der Waals surface area contributed by atoms with E-state index in [9.17, 15) is 14.4 Å². The van der Waals surface area contributed by atoms with Crippen molar-refractivity contribution in [3.05, 3.63) is 65.1 Å². The van der Waals surface area contributed by atoms with E-state index in [0.29, 0.717) is 4.91 Å². The molecule has 0 unspecified atom stereocenters. The van der Waals surface area contributed by atoms with Gasteiger partial charge in [-0.3, -0.25) is 14.5 Å². The first-order valence-electron chi connectivity index (χ1n) is 8.76. The predicted molar refractivity (Wildman–Crippen MR) is 111 cm³/mol. The van der Waals surface area contributed by atoms with Gasteiger partial charge >= 0.3 is 5.97 Å². The zero-order valence-corrected chi connectivity index (χ0v) is 16.2. The van der Waals surface area contributed by atoms with Gasteiger partial charge in [-0.25, -0.2) is 4.79 Å². The van der Waals surface area contributed by atoms with E-state index in [-0.39, 0.29) is 0 Å². The molecule has 0 radical (unpaired) electrons. The highest BCUT2D eigenvalue weighted by Gasteiger charge is 2.41. The summed E-state index contributed by atoms with van der Waals surface area (Å²) in [4.78, 5) is 38.3. The van der Waals surface area contributed by atoms with Crippen molar-refractivity contribution in [3.8, 4) is 0 Å². The number of hydrogen-bond donors (Lipinski definition) is 0. The number of carbonyl (C=O) groups excluding carboxylic acids is 3. The summed E-state index contributed by atoms with van der Waals surface area (Å²) in [5, 5.41) is 3.62. The van der Waals surface area contributed by atoms with Crippen LogP contribution in [0, 0.1) is 0 Å². The van der Waals surface area contributed by atoms with Crippen molar-refractivity contribution in [1.29, 1.82) is 0 Å². The van der Waals surface area contributed by atoms with Crippen molar-refractivity contribution in [3.63, 3.8) is 0 Å². The topological polar surface area (TPSA) is 63.7 Å². The second-order valence-electron chi connectivity index (χ2n) is 6.48.